The van der Waals surface area contributed by atoms with Crippen LogP contribution in [0.25, 0.3) is 0 Å². The van der Waals surface area contributed by atoms with Crippen LogP contribution in [-0.4, -0.2) is 33.3 Å². The van der Waals surface area contributed by atoms with Crippen LogP contribution in [0.15, 0.2) is 0 Å². The molecule has 0 aliphatic carbocycles. The van der Waals surface area contributed by atoms with Gasteiger partial charge in [-0.25, -0.2) is 4.79 Å². The largest absolute Gasteiger partial charge is 0.463 e. The van der Waals surface area contributed by atoms with Crippen LogP contribution in [0.4, 0.5) is 0 Å². The number of esters is 1. The van der Waals surface area contributed by atoms with Gasteiger partial charge in [0.2, 0.25) is 0 Å². The molecule has 1 unspecified atom stereocenters. The van der Waals surface area contributed by atoms with Gasteiger partial charge in [-0.15, -0.1) is 0 Å². The highest BCUT2D eigenvalue weighted by atomic mass is 31.2. The van der Waals surface area contributed by atoms with Gasteiger partial charge in [0.05, 0.1) is 6.61 Å². The van der Waals surface area contributed by atoms with Gasteiger partial charge < -0.3 is 19.6 Å². The van der Waals surface area contributed by atoms with Crippen LogP contribution in [0.5, 0.6) is 0 Å². The van der Waals surface area contributed by atoms with Crippen LogP contribution < -0.4 is 0 Å². The van der Waals surface area contributed by atoms with Crippen LogP contribution in [0, 0.1) is 0 Å². The van der Waals surface area contributed by atoms with Crippen LogP contribution >= 0.6 is 7.60 Å². The van der Waals surface area contributed by atoms with Gasteiger partial charge in [-0.1, -0.05) is 26.2 Å². The molecule has 0 fully saturated rings. The monoisotopic (exact) mass is 240 g/mol. The van der Waals surface area contributed by atoms with Crippen molar-refractivity contribution >= 4 is 13.6 Å². The second kappa shape index (κ2) is 6.95. The Morgan fingerprint density at radius 1 is 1.33 bits per heavy atom. The molecule has 0 aromatic rings. The molecular formula is C8H17O6P. The van der Waals surface area contributed by atoms with Crippen molar-refractivity contribution in [1.29, 1.82) is 0 Å². The maximum Gasteiger partial charge on any atom is 0.365 e. The highest BCUT2D eigenvalue weighted by molar-refractivity contribution is 7.53. The lowest BCUT2D eigenvalue weighted by Gasteiger charge is -2.11. The number of hydrogen-bond donors (Lipinski definition) is 3. The third-order valence-corrected chi connectivity index (χ3v) is 2.62. The van der Waals surface area contributed by atoms with Crippen molar-refractivity contribution in [2.45, 2.75) is 38.5 Å². The van der Waals surface area contributed by atoms with Crippen molar-refractivity contribution in [3.05, 3.63) is 0 Å². The predicted molar refractivity (Wildman–Crippen MR) is 53.2 cm³/mol. The number of carbonyl (C=O) groups is 1. The third kappa shape index (κ3) is 6.62. The van der Waals surface area contributed by atoms with Crippen molar-refractivity contribution in [2.24, 2.45) is 0 Å². The average Bonchev–Trinajstić information content (AvgIpc) is 2.14. The molecule has 0 aliphatic rings. The molecule has 0 saturated heterocycles. The van der Waals surface area contributed by atoms with Crippen LogP contribution in [0.1, 0.15) is 32.6 Å². The van der Waals surface area contributed by atoms with E-state index in [0.29, 0.717) is 6.42 Å². The SMILES string of the molecule is CCCCCCOC(=O)C(O)P(=O)(O)O. The fourth-order valence-corrected chi connectivity index (χ4v) is 1.26. The number of carbonyl (C=O) groups excluding carboxylic acids is 1. The quantitative estimate of drug-likeness (QED) is 0.342. The van der Waals surface area contributed by atoms with Gasteiger partial charge in [-0.05, 0) is 6.42 Å². The summed E-state index contributed by atoms with van der Waals surface area (Å²) in [6.45, 7) is 2.11. The summed E-state index contributed by atoms with van der Waals surface area (Å²) in [5, 5.41) is 8.82. The Kier molecular flexibility index (Phi) is 6.76. The van der Waals surface area contributed by atoms with E-state index < -0.39 is 19.4 Å². The molecule has 6 nitrogen and oxygen atoms in total. The molecule has 1 atom stereocenters. The molecule has 0 amide bonds. The standard InChI is InChI=1S/C8H17O6P/c1-2-3-4-5-6-14-7(9)8(10)15(11,12)13/h8,10H,2-6H2,1H3,(H2,11,12,13). The van der Waals surface area contributed by atoms with Crippen LogP contribution in [0.3, 0.4) is 0 Å². The average molecular weight is 240 g/mol. The molecule has 15 heavy (non-hydrogen) atoms. The van der Waals surface area contributed by atoms with Gasteiger partial charge in [-0.3, -0.25) is 4.57 Å². The summed E-state index contributed by atoms with van der Waals surface area (Å²) in [7, 11) is -4.79. The lowest BCUT2D eigenvalue weighted by molar-refractivity contribution is -0.150. The summed E-state index contributed by atoms with van der Waals surface area (Å²) in [5.74, 6) is -3.62. The van der Waals surface area contributed by atoms with E-state index in [9.17, 15) is 9.36 Å². The summed E-state index contributed by atoms with van der Waals surface area (Å²) >= 11 is 0. The molecule has 0 radical (unpaired) electrons. The molecule has 0 aliphatic heterocycles. The maximum atomic E-state index is 10.9. The summed E-state index contributed by atoms with van der Waals surface area (Å²) < 4.78 is 14.9. The fraction of sp³-hybridized carbons (Fsp3) is 0.875. The van der Waals surface area contributed by atoms with Gasteiger partial charge in [0.1, 0.15) is 0 Å². The number of unbranched alkanes of at least 4 members (excludes halogenated alkanes) is 3. The highest BCUT2D eigenvalue weighted by Crippen LogP contribution is 2.39. The number of aliphatic hydroxyl groups is 1. The summed E-state index contributed by atoms with van der Waals surface area (Å²) in [5.41, 5.74) is 0. The lowest BCUT2D eigenvalue weighted by Crippen LogP contribution is -2.23. The van der Waals surface area contributed by atoms with Gasteiger partial charge in [-0.2, -0.15) is 0 Å². The second-order valence-electron chi connectivity index (χ2n) is 3.19. The number of hydrogen-bond acceptors (Lipinski definition) is 4. The van der Waals surface area contributed by atoms with E-state index in [1.54, 1.807) is 0 Å². The smallest absolute Gasteiger partial charge is 0.365 e. The van der Waals surface area contributed by atoms with Crippen molar-refractivity contribution in [1.82, 2.24) is 0 Å². The van der Waals surface area contributed by atoms with Crippen molar-refractivity contribution in [2.75, 3.05) is 6.61 Å². The number of ether oxygens (including phenoxy) is 1. The molecule has 90 valence electrons. The zero-order valence-corrected chi connectivity index (χ0v) is 9.52. The molecule has 0 saturated carbocycles. The Bertz CT molecular complexity index is 235. The molecule has 7 heteroatoms. The molecule has 0 heterocycles. The van der Waals surface area contributed by atoms with E-state index in [0.717, 1.165) is 19.3 Å². The molecule has 0 bridgehead atoms. The maximum absolute atomic E-state index is 10.9. The van der Waals surface area contributed by atoms with Gasteiger partial charge in [0.15, 0.2) is 0 Å². The lowest BCUT2D eigenvalue weighted by atomic mass is 10.2. The second-order valence-corrected chi connectivity index (χ2v) is 4.86. The first-order valence-electron chi connectivity index (χ1n) is 4.79. The van der Waals surface area contributed by atoms with E-state index in [1.165, 1.54) is 0 Å². The van der Waals surface area contributed by atoms with Gasteiger partial charge in [0, 0.05) is 0 Å². The normalized spacial score (nSPS) is 13.6. The van der Waals surface area contributed by atoms with E-state index in [4.69, 9.17) is 14.9 Å². The van der Waals surface area contributed by atoms with Crippen LogP contribution in [0.2, 0.25) is 0 Å². The van der Waals surface area contributed by atoms with E-state index in [-0.39, 0.29) is 6.61 Å². The van der Waals surface area contributed by atoms with Gasteiger partial charge >= 0.3 is 13.6 Å². The zero-order valence-electron chi connectivity index (χ0n) is 8.63. The molecule has 3 N–H and O–H groups in total. The van der Waals surface area contributed by atoms with Gasteiger partial charge in [0.25, 0.3) is 5.85 Å². The fourth-order valence-electron chi connectivity index (χ4n) is 0.913. The Labute approximate surface area is 88.4 Å². The van der Waals surface area contributed by atoms with Crippen molar-refractivity contribution in [3.8, 4) is 0 Å². The first kappa shape index (κ1) is 14.6. The minimum Gasteiger partial charge on any atom is -0.463 e. The van der Waals surface area contributed by atoms with E-state index in [2.05, 4.69) is 4.74 Å². The Morgan fingerprint density at radius 3 is 2.40 bits per heavy atom. The third-order valence-electron chi connectivity index (χ3n) is 1.77. The number of rotatable bonds is 7. The Balaban J connectivity index is 3.71. The van der Waals surface area contributed by atoms with E-state index >= 15 is 0 Å². The van der Waals surface area contributed by atoms with Crippen molar-refractivity contribution in [3.63, 3.8) is 0 Å². The zero-order chi connectivity index (χ0) is 11.9. The van der Waals surface area contributed by atoms with Crippen LogP contribution in [-0.2, 0) is 14.1 Å². The first-order chi connectivity index (χ1) is 6.89. The van der Waals surface area contributed by atoms with E-state index in [1.807, 2.05) is 6.92 Å². The number of aliphatic hydroxyl groups excluding tert-OH is 1. The van der Waals surface area contributed by atoms with Crippen molar-refractivity contribution < 1.29 is 29.0 Å². The Hall–Kier alpha value is -0.420. The molecular weight excluding hydrogens is 223 g/mol. The molecule has 0 spiro atoms. The first-order valence-corrected chi connectivity index (χ1v) is 6.47. The predicted octanol–water partition coefficient (Wildman–Crippen LogP) is 0.606. The Morgan fingerprint density at radius 2 is 1.93 bits per heavy atom. The summed E-state index contributed by atoms with van der Waals surface area (Å²) in [4.78, 5) is 27.8. The summed E-state index contributed by atoms with van der Waals surface area (Å²) in [6, 6.07) is 0. The topological polar surface area (TPSA) is 104 Å². The molecule has 0 rings (SSSR count). The molecule has 0 aromatic heterocycles. The minimum atomic E-state index is -4.79. The minimum absolute atomic E-state index is 0.0793. The summed E-state index contributed by atoms with van der Waals surface area (Å²) in [6.07, 6.45) is 3.57. The highest BCUT2D eigenvalue weighted by Gasteiger charge is 2.34. The molecule has 0 aromatic carbocycles.